The van der Waals surface area contributed by atoms with E-state index < -0.39 is 35.5 Å². The SMILES string of the molecule is C=CC[C@H](CC(=O)NCCOCCO)C(=O)N[C@H](COC(=O)[C@@H](CC=C)NC(=O)OCc1ccccc1)C(C)(C)C. The lowest BCUT2D eigenvalue weighted by Crippen LogP contribution is -2.50. The molecule has 228 valence electrons. The minimum absolute atomic E-state index is 0.0437. The Morgan fingerprint density at radius 2 is 1.66 bits per heavy atom. The minimum Gasteiger partial charge on any atom is -0.462 e. The zero-order valence-electron chi connectivity index (χ0n) is 24.4. The Kier molecular flexibility index (Phi) is 16.7. The molecule has 0 radical (unpaired) electrons. The molecule has 0 aliphatic heterocycles. The first-order valence-electron chi connectivity index (χ1n) is 13.6. The van der Waals surface area contributed by atoms with Gasteiger partial charge in [-0.3, -0.25) is 9.59 Å². The second-order valence-electron chi connectivity index (χ2n) is 10.5. The topological polar surface area (TPSA) is 152 Å². The first-order valence-corrected chi connectivity index (χ1v) is 13.6. The molecule has 41 heavy (non-hydrogen) atoms. The van der Waals surface area contributed by atoms with E-state index in [0.29, 0.717) is 0 Å². The number of hydrogen-bond donors (Lipinski definition) is 4. The van der Waals surface area contributed by atoms with Crippen LogP contribution in [0, 0.1) is 11.3 Å². The molecule has 1 aromatic carbocycles. The maximum absolute atomic E-state index is 13.1. The fraction of sp³-hybridized carbons (Fsp3) is 0.533. The molecule has 3 atom stereocenters. The number of benzene rings is 1. The lowest BCUT2D eigenvalue weighted by Gasteiger charge is -2.32. The molecule has 11 nitrogen and oxygen atoms in total. The molecule has 0 saturated heterocycles. The van der Waals surface area contributed by atoms with Gasteiger partial charge in [0.05, 0.1) is 31.8 Å². The van der Waals surface area contributed by atoms with E-state index in [1.807, 2.05) is 51.1 Å². The Morgan fingerprint density at radius 3 is 2.27 bits per heavy atom. The van der Waals surface area contributed by atoms with Crippen LogP contribution in [-0.2, 0) is 35.2 Å². The van der Waals surface area contributed by atoms with Gasteiger partial charge in [-0.15, -0.1) is 13.2 Å². The smallest absolute Gasteiger partial charge is 0.408 e. The molecule has 0 aliphatic carbocycles. The third kappa shape index (κ3) is 15.0. The first kappa shape index (κ1) is 35.3. The molecule has 0 heterocycles. The van der Waals surface area contributed by atoms with E-state index in [0.717, 1.165) is 5.56 Å². The van der Waals surface area contributed by atoms with Crippen molar-refractivity contribution in [2.75, 3.05) is 33.0 Å². The van der Waals surface area contributed by atoms with Gasteiger partial charge in [-0.2, -0.15) is 0 Å². The Labute approximate surface area is 242 Å². The number of amides is 3. The summed E-state index contributed by atoms with van der Waals surface area (Å²) in [7, 11) is 0. The van der Waals surface area contributed by atoms with Crippen LogP contribution < -0.4 is 16.0 Å². The van der Waals surface area contributed by atoms with Gasteiger partial charge < -0.3 is 35.3 Å². The van der Waals surface area contributed by atoms with Gasteiger partial charge in [0, 0.05) is 13.0 Å². The normalized spacial score (nSPS) is 13.2. The van der Waals surface area contributed by atoms with Gasteiger partial charge in [-0.25, -0.2) is 9.59 Å². The molecule has 0 aromatic heterocycles. The summed E-state index contributed by atoms with van der Waals surface area (Å²) in [5.74, 6) is -2.08. The molecule has 0 fully saturated rings. The monoisotopic (exact) mass is 575 g/mol. The second-order valence-corrected chi connectivity index (χ2v) is 10.5. The lowest BCUT2D eigenvalue weighted by molar-refractivity contribution is -0.148. The van der Waals surface area contributed by atoms with E-state index in [2.05, 4.69) is 29.1 Å². The van der Waals surface area contributed by atoms with Crippen molar-refractivity contribution in [2.45, 2.75) is 58.7 Å². The molecule has 4 N–H and O–H groups in total. The fourth-order valence-electron chi connectivity index (χ4n) is 3.56. The summed E-state index contributed by atoms with van der Waals surface area (Å²) >= 11 is 0. The van der Waals surface area contributed by atoms with Crippen molar-refractivity contribution in [1.82, 2.24) is 16.0 Å². The molecule has 0 spiro atoms. The van der Waals surface area contributed by atoms with E-state index in [1.165, 1.54) is 6.08 Å². The number of hydrogen-bond acceptors (Lipinski definition) is 8. The van der Waals surface area contributed by atoms with Crippen LogP contribution in [0.1, 0.15) is 45.6 Å². The molecule has 0 saturated carbocycles. The third-order valence-corrected chi connectivity index (χ3v) is 6.00. The maximum Gasteiger partial charge on any atom is 0.408 e. The Morgan fingerprint density at radius 1 is 0.976 bits per heavy atom. The Balaban J connectivity index is 2.72. The summed E-state index contributed by atoms with van der Waals surface area (Å²) in [6, 6.07) is 7.51. The van der Waals surface area contributed by atoms with Gasteiger partial charge in [0.2, 0.25) is 11.8 Å². The first-order chi connectivity index (χ1) is 19.5. The standard InChI is InChI=1S/C30H45N3O8/c1-6-11-23(19-26(35)31-15-17-39-18-16-34)27(36)33-25(30(3,4)5)21-40-28(37)24(12-7-2)32-29(38)41-20-22-13-9-8-10-14-22/h6-10,13-14,23-25,34H,1-2,11-12,15-21H2,3-5H3,(H,31,35)(H,32,38)(H,33,36)/t23-,24-,25-/m1/s1. The van der Waals surface area contributed by atoms with Gasteiger partial charge in [0.15, 0.2) is 0 Å². The van der Waals surface area contributed by atoms with Crippen molar-refractivity contribution < 1.29 is 38.5 Å². The van der Waals surface area contributed by atoms with Gasteiger partial charge >= 0.3 is 12.1 Å². The molecule has 0 aliphatic rings. The highest BCUT2D eigenvalue weighted by Gasteiger charge is 2.32. The number of ether oxygens (including phenoxy) is 3. The third-order valence-electron chi connectivity index (χ3n) is 6.00. The summed E-state index contributed by atoms with van der Waals surface area (Å²) in [6.45, 7) is 13.4. The van der Waals surface area contributed by atoms with E-state index in [9.17, 15) is 19.2 Å². The van der Waals surface area contributed by atoms with Crippen molar-refractivity contribution in [3.63, 3.8) is 0 Å². The number of aliphatic hydroxyl groups excluding tert-OH is 1. The summed E-state index contributed by atoms with van der Waals surface area (Å²) in [4.78, 5) is 50.7. The van der Waals surface area contributed by atoms with E-state index in [4.69, 9.17) is 19.3 Å². The fourth-order valence-corrected chi connectivity index (χ4v) is 3.56. The summed E-state index contributed by atoms with van der Waals surface area (Å²) in [5.41, 5.74) is 0.297. The van der Waals surface area contributed by atoms with E-state index in [-0.39, 0.29) is 70.7 Å². The molecular weight excluding hydrogens is 530 g/mol. The zero-order chi connectivity index (χ0) is 30.7. The average molecular weight is 576 g/mol. The maximum atomic E-state index is 13.1. The number of rotatable bonds is 19. The number of carbonyl (C=O) groups excluding carboxylic acids is 4. The second kappa shape index (κ2) is 19.4. The van der Waals surface area contributed by atoms with Crippen LogP contribution in [0.25, 0.3) is 0 Å². The number of nitrogens with one attached hydrogen (secondary N) is 3. The van der Waals surface area contributed by atoms with Crippen LogP contribution in [0.5, 0.6) is 0 Å². The number of carbonyl (C=O) groups is 4. The largest absolute Gasteiger partial charge is 0.462 e. The van der Waals surface area contributed by atoms with Gasteiger partial charge in [0.1, 0.15) is 19.3 Å². The molecule has 1 aromatic rings. The zero-order valence-corrected chi connectivity index (χ0v) is 24.4. The lowest BCUT2D eigenvalue weighted by atomic mass is 9.86. The van der Waals surface area contributed by atoms with Crippen LogP contribution >= 0.6 is 0 Å². The van der Waals surface area contributed by atoms with E-state index >= 15 is 0 Å². The molecule has 3 amide bonds. The van der Waals surface area contributed by atoms with Crippen LogP contribution in [0.2, 0.25) is 0 Å². The number of esters is 1. The predicted molar refractivity (Wildman–Crippen MR) is 155 cm³/mol. The van der Waals surface area contributed by atoms with Crippen LogP contribution in [-0.4, -0.2) is 74.0 Å². The number of allylic oxidation sites excluding steroid dienone is 1. The Bertz CT molecular complexity index is 978. The molecule has 0 unspecified atom stereocenters. The number of aliphatic hydroxyl groups is 1. The van der Waals surface area contributed by atoms with Crippen molar-refractivity contribution in [3.05, 3.63) is 61.2 Å². The van der Waals surface area contributed by atoms with Crippen LogP contribution in [0.15, 0.2) is 55.6 Å². The van der Waals surface area contributed by atoms with Crippen molar-refractivity contribution >= 4 is 23.9 Å². The van der Waals surface area contributed by atoms with E-state index in [1.54, 1.807) is 6.08 Å². The van der Waals surface area contributed by atoms with Crippen molar-refractivity contribution in [3.8, 4) is 0 Å². The van der Waals surface area contributed by atoms with Gasteiger partial charge in [-0.1, -0.05) is 63.3 Å². The summed E-state index contributed by atoms with van der Waals surface area (Å²) in [6.07, 6.45) is 2.60. The van der Waals surface area contributed by atoms with Crippen LogP contribution in [0.3, 0.4) is 0 Å². The highest BCUT2D eigenvalue weighted by Crippen LogP contribution is 2.21. The quantitative estimate of drug-likeness (QED) is 0.112. The summed E-state index contributed by atoms with van der Waals surface area (Å²) in [5, 5.41) is 16.8. The minimum atomic E-state index is -1.02. The molecular formula is C30H45N3O8. The molecule has 11 heteroatoms. The molecule has 1 rings (SSSR count). The Hall–Kier alpha value is -3.70. The molecule has 0 bridgehead atoms. The summed E-state index contributed by atoms with van der Waals surface area (Å²) < 4.78 is 15.8. The highest BCUT2D eigenvalue weighted by atomic mass is 16.6. The van der Waals surface area contributed by atoms with Gasteiger partial charge in [0.25, 0.3) is 0 Å². The highest BCUT2D eigenvalue weighted by molar-refractivity contribution is 5.86. The number of alkyl carbamates (subject to hydrolysis) is 1. The average Bonchev–Trinajstić information content (AvgIpc) is 2.93. The predicted octanol–water partition coefficient (Wildman–Crippen LogP) is 2.64. The van der Waals surface area contributed by atoms with Crippen molar-refractivity contribution in [1.29, 1.82) is 0 Å². The van der Waals surface area contributed by atoms with Crippen molar-refractivity contribution in [2.24, 2.45) is 11.3 Å². The van der Waals surface area contributed by atoms with Crippen LogP contribution in [0.4, 0.5) is 4.79 Å². The van der Waals surface area contributed by atoms with Gasteiger partial charge in [-0.05, 0) is 23.8 Å².